The minimum absolute atomic E-state index is 0.0970. The molecular weight excluding hydrogens is 352 g/mol. The van der Waals surface area contributed by atoms with Crippen molar-refractivity contribution < 1.29 is 4.79 Å². The summed E-state index contributed by atoms with van der Waals surface area (Å²) in [6.07, 6.45) is 6.33. The SMILES string of the molecule is C[C@@H]1CCN(C(=O)N2CCC(C#N)CC2)CC1N(C)c1ccnc2[nH]ccc12. The van der Waals surface area contributed by atoms with E-state index in [1.54, 1.807) is 0 Å². The van der Waals surface area contributed by atoms with Gasteiger partial charge in [0.25, 0.3) is 0 Å². The zero-order chi connectivity index (χ0) is 19.7. The van der Waals surface area contributed by atoms with Crippen LogP contribution in [-0.2, 0) is 0 Å². The number of hydrogen-bond acceptors (Lipinski definition) is 4. The summed E-state index contributed by atoms with van der Waals surface area (Å²) in [7, 11) is 2.12. The van der Waals surface area contributed by atoms with Crippen LogP contribution in [0.2, 0.25) is 0 Å². The molecule has 2 aromatic heterocycles. The summed E-state index contributed by atoms with van der Waals surface area (Å²) in [5, 5.41) is 10.2. The Morgan fingerprint density at radius 2 is 2.00 bits per heavy atom. The molecule has 2 fully saturated rings. The molecule has 1 N–H and O–H groups in total. The lowest BCUT2D eigenvalue weighted by Crippen LogP contribution is -2.56. The number of nitrogens with one attached hydrogen (secondary N) is 1. The fraction of sp³-hybridized carbons (Fsp3) is 0.571. The summed E-state index contributed by atoms with van der Waals surface area (Å²) in [6.45, 7) is 5.19. The minimum Gasteiger partial charge on any atom is -0.369 e. The third kappa shape index (κ3) is 3.39. The Bertz CT molecular complexity index is 878. The number of anilines is 1. The Kier molecular flexibility index (Phi) is 5.12. The first kappa shape index (κ1) is 18.6. The molecule has 28 heavy (non-hydrogen) atoms. The number of likely N-dealkylation sites (tertiary alicyclic amines) is 2. The molecule has 2 aromatic rings. The topological polar surface area (TPSA) is 79.3 Å². The Morgan fingerprint density at radius 3 is 2.75 bits per heavy atom. The van der Waals surface area contributed by atoms with Gasteiger partial charge in [0.1, 0.15) is 5.65 Å². The van der Waals surface area contributed by atoms with E-state index in [9.17, 15) is 4.79 Å². The number of piperidine rings is 2. The maximum absolute atomic E-state index is 13.1. The van der Waals surface area contributed by atoms with E-state index in [1.165, 1.54) is 0 Å². The van der Waals surface area contributed by atoms with E-state index in [1.807, 2.05) is 22.2 Å². The predicted octanol–water partition coefficient (Wildman–Crippen LogP) is 3.07. The molecular formula is C21H28N6O. The van der Waals surface area contributed by atoms with Gasteiger partial charge in [0, 0.05) is 68.7 Å². The molecule has 148 valence electrons. The number of carbonyl (C=O) groups excluding carboxylic acids is 1. The Balaban J connectivity index is 1.48. The van der Waals surface area contributed by atoms with Crippen LogP contribution in [0, 0.1) is 23.2 Å². The number of carbonyl (C=O) groups is 1. The molecule has 7 heteroatoms. The third-order valence-electron chi connectivity index (χ3n) is 6.45. The summed E-state index contributed by atoms with van der Waals surface area (Å²) in [4.78, 5) is 26.9. The highest BCUT2D eigenvalue weighted by Crippen LogP contribution is 2.30. The van der Waals surface area contributed by atoms with Crippen LogP contribution < -0.4 is 4.90 Å². The van der Waals surface area contributed by atoms with Crippen LogP contribution in [0.15, 0.2) is 24.5 Å². The number of hydrogen-bond donors (Lipinski definition) is 1. The largest absolute Gasteiger partial charge is 0.369 e. The molecule has 2 atom stereocenters. The number of likely N-dealkylation sites (N-methyl/N-ethyl adjacent to an activating group) is 1. The van der Waals surface area contributed by atoms with Crippen LogP contribution in [0.1, 0.15) is 26.2 Å². The molecule has 0 spiro atoms. The fourth-order valence-electron chi connectivity index (χ4n) is 4.56. The Morgan fingerprint density at radius 1 is 1.25 bits per heavy atom. The zero-order valence-electron chi connectivity index (χ0n) is 16.6. The monoisotopic (exact) mass is 380 g/mol. The first-order valence-corrected chi connectivity index (χ1v) is 10.2. The van der Waals surface area contributed by atoms with E-state index in [0.29, 0.717) is 19.0 Å². The van der Waals surface area contributed by atoms with E-state index in [4.69, 9.17) is 5.26 Å². The van der Waals surface area contributed by atoms with Gasteiger partial charge < -0.3 is 19.7 Å². The molecule has 1 unspecified atom stereocenters. The van der Waals surface area contributed by atoms with Crippen LogP contribution in [0.3, 0.4) is 0 Å². The van der Waals surface area contributed by atoms with Crippen LogP contribution in [0.4, 0.5) is 10.5 Å². The van der Waals surface area contributed by atoms with Gasteiger partial charge in [-0.3, -0.25) is 0 Å². The molecule has 0 radical (unpaired) electrons. The predicted molar refractivity (Wildman–Crippen MR) is 109 cm³/mol. The second kappa shape index (κ2) is 7.70. The quantitative estimate of drug-likeness (QED) is 0.868. The van der Waals surface area contributed by atoms with Crippen LogP contribution in [0.25, 0.3) is 11.0 Å². The van der Waals surface area contributed by atoms with Crippen LogP contribution in [-0.4, -0.2) is 65.1 Å². The normalized spacial score (nSPS) is 23.6. The van der Waals surface area contributed by atoms with Crippen molar-refractivity contribution in [3.63, 3.8) is 0 Å². The average molecular weight is 380 g/mol. The maximum Gasteiger partial charge on any atom is 0.320 e. The number of nitriles is 1. The van der Waals surface area contributed by atoms with Gasteiger partial charge in [-0.05, 0) is 37.3 Å². The lowest BCUT2D eigenvalue weighted by atomic mass is 9.92. The number of aromatic nitrogens is 2. The van der Waals surface area contributed by atoms with E-state index >= 15 is 0 Å². The lowest BCUT2D eigenvalue weighted by Gasteiger charge is -2.44. The van der Waals surface area contributed by atoms with Crippen molar-refractivity contribution in [2.75, 3.05) is 38.1 Å². The van der Waals surface area contributed by atoms with E-state index in [-0.39, 0.29) is 18.0 Å². The van der Waals surface area contributed by atoms with Crippen molar-refractivity contribution in [1.29, 1.82) is 5.26 Å². The molecule has 2 saturated heterocycles. The molecule has 0 aliphatic carbocycles. The van der Waals surface area contributed by atoms with Crippen LogP contribution >= 0.6 is 0 Å². The van der Waals surface area contributed by atoms with Crippen molar-refractivity contribution in [1.82, 2.24) is 19.8 Å². The van der Waals surface area contributed by atoms with E-state index < -0.39 is 0 Å². The number of aromatic amines is 1. The first-order chi connectivity index (χ1) is 13.6. The summed E-state index contributed by atoms with van der Waals surface area (Å²) in [6, 6.07) is 6.83. The van der Waals surface area contributed by atoms with Gasteiger partial charge in [0.05, 0.1) is 6.07 Å². The van der Waals surface area contributed by atoms with Gasteiger partial charge in [-0.1, -0.05) is 6.92 Å². The number of pyridine rings is 1. The number of nitrogens with zero attached hydrogens (tertiary/aromatic N) is 5. The summed E-state index contributed by atoms with van der Waals surface area (Å²) >= 11 is 0. The second-order valence-corrected chi connectivity index (χ2v) is 8.13. The van der Waals surface area contributed by atoms with Crippen molar-refractivity contribution in [3.8, 4) is 6.07 Å². The second-order valence-electron chi connectivity index (χ2n) is 8.13. The highest BCUT2D eigenvalue weighted by atomic mass is 16.2. The van der Waals surface area contributed by atoms with Crippen molar-refractivity contribution >= 4 is 22.8 Å². The molecule has 0 bridgehead atoms. The van der Waals surface area contributed by atoms with Gasteiger partial charge >= 0.3 is 6.03 Å². The van der Waals surface area contributed by atoms with Crippen LogP contribution in [0.5, 0.6) is 0 Å². The standard InChI is InChI=1S/C21H28N6O/c1-15-5-10-27(21(28)26-11-6-16(13-22)7-12-26)14-19(15)25(2)18-4-9-24-20-17(18)3-8-23-20/h3-4,8-9,15-16,19H,5-7,10-12,14H2,1-2H3,(H,23,24)/t15-,19?/m1/s1. The van der Waals surface area contributed by atoms with Crippen molar-refractivity contribution in [2.24, 2.45) is 11.8 Å². The van der Waals surface area contributed by atoms with Gasteiger partial charge in [0.15, 0.2) is 0 Å². The maximum atomic E-state index is 13.1. The number of rotatable bonds is 2. The third-order valence-corrected chi connectivity index (χ3v) is 6.45. The zero-order valence-corrected chi connectivity index (χ0v) is 16.6. The highest BCUT2D eigenvalue weighted by molar-refractivity contribution is 5.89. The van der Waals surface area contributed by atoms with Gasteiger partial charge in [-0.2, -0.15) is 5.26 Å². The first-order valence-electron chi connectivity index (χ1n) is 10.2. The number of fused-ring (bicyclic) bond motifs is 1. The van der Waals surface area contributed by atoms with Gasteiger partial charge in [-0.15, -0.1) is 0 Å². The highest BCUT2D eigenvalue weighted by Gasteiger charge is 2.34. The average Bonchev–Trinajstić information content (AvgIpc) is 3.22. The summed E-state index contributed by atoms with van der Waals surface area (Å²) in [5.74, 6) is 0.597. The van der Waals surface area contributed by atoms with E-state index in [2.05, 4.69) is 47.0 Å². The van der Waals surface area contributed by atoms with Crippen molar-refractivity contribution in [3.05, 3.63) is 24.5 Å². The number of H-pyrrole nitrogens is 1. The number of urea groups is 1. The summed E-state index contributed by atoms with van der Waals surface area (Å²) in [5.41, 5.74) is 2.04. The molecule has 0 aromatic carbocycles. The molecule has 4 rings (SSSR count). The molecule has 2 aliphatic heterocycles. The van der Waals surface area contributed by atoms with Gasteiger partial charge in [0.2, 0.25) is 0 Å². The lowest BCUT2D eigenvalue weighted by molar-refractivity contribution is 0.115. The minimum atomic E-state index is 0.0970. The van der Waals surface area contributed by atoms with E-state index in [0.717, 1.165) is 49.1 Å². The smallest absolute Gasteiger partial charge is 0.320 e. The molecule has 0 saturated carbocycles. The summed E-state index contributed by atoms with van der Waals surface area (Å²) < 4.78 is 0. The molecule has 4 heterocycles. The molecule has 2 amide bonds. The fourth-order valence-corrected chi connectivity index (χ4v) is 4.56. The van der Waals surface area contributed by atoms with Crippen molar-refractivity contribution in [2.45, 2.75) is 32.2 Å². The Labute approximate surface area is 165 Å². The number of amides is 2. The molecule has 2 aliphatic rings. The van der Waals surface area contributed by atoms with Gasteiger partial charge in [-0.25, -0.2) is 9.78 Å². The molecule has 7 nitrogen and oxygen atoms in total. The Hall–Kier alpha value is -2.75.